The highest BCUT2D eigenvalue weighted by molar-refractivity contribution is 5.98. The smallest absolute Gasteiger partial charge is 0.328 e. The zero-order chi connectivity index (χ0) is 10.4. The number of aliphatic hydroxyl groups excluding tert-OH is 1. The molecule has 0 aliphatic carbocycles. The van der Waals surface area contributed by atoms with Crippen molar-refractivity contribution < 1.29 is 24.6 Å². The highest BCUT2D eigenvalue weighted by Gasteiger charge is 2.18. The summed E-state index contributed by atoms with van der Waals surface area (Å²) in [7, 11) is 0. The third kappa shape index (κ3) is 4.91. The fraction of sp³-hybridized carbons (Fsp3) is 0.571. The van der Waals surface area contributed by atoms with Crippen molar-refractivity contribution in [3.05, 3.63) is 0 Å². The molecule has 1 amide bonds. The molecule has 0 fully saturated rings. The Hall–Kier alpha value is -1.43. The van der Waals surface area contributed by atoms with Gasteiger partial charge in [-0.15, -0.1) is 0 Å². The summed E-state index contributed by atoms with van der Waals surface area (Å²) in [6, 6.07) is -1.34. The van der Waals surface area contributed by atoms with Gasteiger partial charge >= 0.3 is 5.97 Å². The highest BCUT2D eigenvalue weighted by atomic mass is 16.4. The van der Waals surface area contributed by atoms with E-state index in [0.29, 0.717) is 0 Å². The number of hydrogen-bond acceptors (Lipinski definition) is 4. The van der Waals surface area contributed by atoms with Crippen LogP contribution >= 0.6 is 0 Å². The summed E-state index contributed by atoms with van der Waals surface area (Å²) in [5, 5.41) is 18.9. The molecule has 1 unspecified atom stereocenters. The maximum absolute atomic E-state index is 10.8. The van der Waals surface area contributed by atoms with Crippen LogP contribution in [0.3, 0.4) is 0 Å². The second kappa shape index (κ2) is 5.26. The van der Waals surface area contributed by atoms with Crippen molar-refractivity contribution in [3.8, 4) is 0 Å². The Morgan fingerprint density at radius 2 is 1.92 bits per heavy atom. The number of nitrogens with one attached hydrogen (secondary N) is 1. The van der Waals surface area contributed by atoms with Crippen LogP contribution in [-0.2, 0) is 14.4 Å². The van der Waals surface area contributed by atoms with E-state index in [4.69, 9.17) is 10.2 Å². The Bertz CT molecular complexity index is 225. The van der Waals surface area contributed by atoms with Crippen molar-refractivity contribution in [2.45, 2.75) is 19.4 Å². The lowest BCUT2D eigenvalue weighted by Crippen LogP contribution is -2.43. The first kappa shape index (κ1) is 11.6. The van der Waals surface area contributed by atoms with E-state index in [9.17, 15) is 14.4 Å². The van der Waals surface area contributed by atoms with Crippen molar-refractivity contribution in [3.63, 3.8) is 0 Å². The molecule has 3 N–H and O–H groups in total. The number of amides is 1. The second-order valence-corrected chi connectivity index (χ2v) is 2.52. The molecular formula is C7H11NO5. The lowest BCUT2D eigenvalue weighted by Gasteiger charge is -2.10. The Kier molecular flexibility index (Phi) is 4.68. The predicted octanol–water partition coefficient (Wildman–Crippen LogP) is -1.47. The molecular weight excluding hydrogens is 178 g/mol. The van der Waals surface area contributed by atoms with Gasteiger partial charge in [-0.05, 0) is 6.92 Å². The predicted molar refractivity (Wildman–Crippen MR) is 42.0 cm³/mol. The number of Topliss-reactive ketones (excluding diaryl/α,β-unsaturated/α-hetero) is 1. The SMILES string of the molecule is CC(=O)CC(=O)NC(CO)C(=O)O. The molecule has 0 aliphatic rings. The van der Waals surface area contributed by atoms with Crippen molar-refractivity contribution in [2.75, 3.05) is 6.61 Å². The van der Waals surface area contributed by atoms with Crippen LogP contribution in [0.5, 0.6) is 0 Å². The Labute approximate surface area is 74.6 Å². The Morgan fingerprint density at radius 1 is 1.38 bits per heavy atom. The molecule has 0 rings (SSSR count). The van der Waals surface area contributed by atoms with Gasteiger partial charge in [-0.1, -0.05) is 0 Å². The van der Waals surface area contributed by atoms with Crippen LogP contribution < -0.4 is 5.32 Å². The first-order valence-corrected chi connectivity index (χ1v) is 3.59. The van der Waals surface area contributed by atoms with Gasteiger partial charge in [0.05, 0.1) is 13.0 Å². The minimum Gasteiger partial charge on any atom is -0.480 e. The lowest BCUT2D eigenvalue weighted by molar-refractivity contribution is -0.143. The largest absolute Gasteiger partial charge is 0.480 e. The molecule has 6 heteroatoms. The number of aliphatic hydroxyl groups is 1. The van der Waals surface area contributed by atoms with Crippen LogP contribution in [0.15, 0.2) is 0 Å². The molecule has 13 heavy (non-hydrogen) atoms. The minimum absolute atomic E-state index is 0.362. The monoisotopic (exact) mass is 189 g/mol. The van der Waals surface area contributed by atoms with Crippen molar-refractivity contribution in [2.24, 2.45) is 0 Å². The molecule has 1 atom stereocenters. The van der Waals surface area contributed by atoms with Gasteiger partial charge in [-0.2, -0.15) is 0 Å². The fourth-order valence-corrected chi connectivity index (χ4v) is 0.657. The van der Waals surface area contributed by atoms with Crippen LogP contribution in [0.25, 0.3) is 0 Å². The van der Waals surface area contributed by atoms with Gasteiger partial charge in [-0.3, -0.25) is 9.59 Å². The van der Waals surface area contributed by atoms with Gasteiger partial charge in [0, 0.05) is 0 Å². The van der Waals surface area contributed by atoms with E-state index < -0.39 is 24.5 Å². The molecule has 0 saturated carbocycles. The van der Waals surface area contributed by atoms with Gasteiger partial charge in [0.2, 0.25) is 5.91 Å². The molecule has 0 bridgehead atoms. The maximum atomic E-state index is 10.8. The van der Waals surface area contributed by atoms with E-state index in [1.807, 2.05) is 5.32 Å². The van der Waals surface area contributed by atoms with Crippen LogP contribution in [-0.4, -0.2) is 40.5 Å². The first-order valence-electron chi connectivity index (χ1n) is 3.59. The standard InChI is InChI=1S/C7H11NO5/c1-4(10)2-6(11)8-5(3-9)7(12)13/h5,9H,2-3H2,1H3,(H,8,11)(H,12,13). The fourth-order valence-electron chi connectivity index (χ4n) is 0.657. The number of carbonyl (C=O) groups is 3. The highest BCUT2D eigenvalue weighted by Crippen LogP contribution is 1.87. The molecule has 0 radical (unpaired) electrons. The lowest BCUT2D eigenvalue weighted by atomic mass is 10.2. The number of rotatable bonds is 5. The van der Waals surface area contributed by atoms with Crippen LogP contribution in [0.4, 0.5) is 0 Å². The molecule has 0 aromatic heterocycles. The molecule has 0 spiro atoms. The number of aliphatic carboxylic acids is 1. The summed E-state index contributed by atoms with van der Waals surface area (Å²) in [5.74, 6) is -2.40. The maximum Gasteiger partial charge on any atom is 0.328 e. The number of carboxylic acid groups (broad SMARTS) is 1. The van der Waals surface area contributed by atoms with Crippen molar-refractivity contribution in [1.82, 2.24) is 5.32 Å². The summed E-state index contributed by atoms with van der Waals surface area (Å²) >= 11 is 0. The normalized spacial score (nSPS) is 11.8. The summed E-state index contributed by atoms with van der Waals surface area (Å²) in [6.07, 6.45) is -0.371. The summed E-state index contributed by atoms with van der Waals surface area (Å²) < 4.78 is 0. The Morgan fingerprint density at radius 3 is 2.23 bits per heavy atom. The number of ketones is 1. The quantitative estimate of drug-likeness (QED) is 0.458. The van der Waals surface area contributed by atoms with Crippen LogP contribution in [0.2, 0.25) is 0 Å². The molecule has 0 aliphatic heterocycles. The molecule has 74 valence electrons. The zero-order valence-corrected chi connectivity index (χ0v) is 7.11. The van der Waals surface area contributed by atoms with Gasteiger partial charge < -0.3 is 15.5 Å². The van der Waals surface area contributed by atoms with Crippen LogP contribution in [0.1, 0.15) is 13.3 Å². The third-order valence-electron chi connectivity index (χ3n) is 1.23. The summed E-state index contributed by atoms with van der Waals surface area (Å²) in [4.78, 5) is 31.5. The van der Waals surface area contributed by atoms with Crippen molar-refractivity contribution in [1.29, 1.82) is 0 Å². The van der Waals surface area contributed by atoms with E-state index in [1.54, 1.807) is 0 Å². The first-order chi connectivity index (χ1) is 5.97. The van der Waals surface area contributed by atoms with E-state index in [0.717, 1.165) is 0 Å². The molecule has 6 nitrogen and oxygen atoms in total. The van der Waals surface area contributed by atoms with Gasteiger partial charge in [0.25, 0.3) is 0 Å². The number of carbonyl (C=O) groups excluding carboxylic acids is 2. The van der Waals surface area contributed by atoms with Gasteiger partial charge in [-0.25, -0.2) is 4.79 Å². The third-order valence-corrected chi connectivity index (χ3v) is 1.23. The van der Waals surface area contributed by atoms with E-state index in [1.165, 1.54) is 6.92 Å². The number of hydrogen-bond donors (Lipinski definition) is 3. The van der Waals surface area contributed by atoms with Crippen molar-refractivity contribution >= 4 is 17.7 Å². The number of carboxylic acids is 1. The minimum atomic E-state index is -1.34. The van der Waals surface area contributed by atoms with E-state index in [-0.39, 0.29) is 12.2 Å². The van der Waals surface area contributed by atoms with E-state index >= 15 is 0 Å². The van der Waals surface area contributed by atoms with Crippen LogP contribution in [0, 0.1) is 0 Å². The van der Waals surface area contributed by atoms with Gasteiger partial charge in [0.1, 0.15) is 11.8 Å². The van der Waals surface area contributed by atoms with Gasteiger partial charge in [0.15, 0.2) is 0 Å². The zero-order valence-electron chi connectivity index (χ0n) is 7.11. The average molecular weight is 189 g/mol. The average Bonchev–Trinajstić information content (AvgIpc) is 1.98. The molecule has 0 aromatic carbocycles. The second-order valence-electron chi connectivity index (χ2n) is 2.52. The summed E-state index contributed by atoms with van der Waals surface area (Å²) in [5.41, 5.74) is 0. The molecule has 0 saturated heterocycles. The summed E-state index contributed by atoms with van der Waals surface area (Å²) in [6.45, 7) is 0.521. The molecule has 0 aromatic rings. The topological polar surface area (TPSA) is 104 Å². The molecule has 0 heterocycles. The van der Waals surface area contributed by atoms with E-state index in [2.05, 4.69) is 0 Å². The Balaban J connectivity index is 4.01.